The zero-order valence-corrected chi connectivity index (χ0v) is 22.2. The van der Waals surface area contributed by atoms with Crippen LogP contribution in [0.25, 0.3) is 0 Å². The minimum absolute atomic E-state index is 0.254. The van der Waals surface area contributed by atoms with Gasteiger partial charge in [0.05, 0.1) is 0 Å². The van der Waals surface area contributed by atoms with Crippen LogP contribution in [0, 0.1) is 0 Å². The van der Waals surface area contributed by atoms with E-state index in [0.717, 1.165) is 37.0 Å². The van der Waals surface area contributed by atoms with Crippen LogP contribution < -0.4 is 0 Å². The molecular formula is C27H34F3NO3S2. The van der Waals surface area contributed by atoms with Gasteiger partial charge in [0.15, 0.2) is 5.71 Å². The highest BCUT2D eigenvalue weighted by Gasteiger charge is 2.38. The standard InChI is InChI=1S/C27H34F3NO3S2/c1-2-3-4-5-6-7-8-9-10-11-12-22-15-19-25(20-16-22)36(32,33)34-31-26(27(28,29)30)24-17-13-23(21-35)14-18-24/h13-21H,2-12H2,1H3. The number of benzene rings is 2. The molecule has 2 aromatic carbocycles. The number of aryl methyl sites for hydroxylation is 1. The molecule has 36 heavy (non-hydrogen) atoms. The van der Waals surface area contributed by atoms with Crippen molar-refractivity contribution in [3.63, 3.8) is 0 Å². The molecule has 0 fully saturated rings. The highest BCUT2D eigenvalue weighted by molar-refractivity contribution is 7.86. The second-order valence-corrected chi connectivity index (χ2v) is 10.5. The van der Waals surface area contributed by atoms with Crippen LogP contribution in [0.15, 0.2) is 58.6 Å². The molecule has 0 atom stereocenters. The number of halogens is 3. The van der Waals surface area contributed by atoms with Gasteiger partial charge in [0.2, 0.25) is 0 Å². The molecule has 0 aliphatic rings. The number of hydrogen-bond donors (Lipinski definition) is 0. The molecule has 0 aromatic heterocycles. The van der Waals surface area contributed by atoms with Crippen molar-refractivity contribution in [1.29, 1.82) is 0 Å². The van der Waals surface area contributed by atoms with Gasteiger partial charge in [-0.2, -0.15) is 21.6 Å². The molecule has 9 heteroatoms. The van der Waals surface area contributed by atoms with Gasteiger partial charge in [-0.15, -0.1) is 0 Å². The van der Waals surface area contributed by atoms with Gasteiger partial charge in [0.25, 0.3) is 0 Å². The minimum Gasteiger partial charge on any atom is -0.264 e. The van der Waals surface area contributed by atoms with E-state index in [4.69, 9.17) is 12.2 Å². The van der Waals surface area contributed by atoms with Crippen LogP contribution in [0.3, 0.4) is 0 Å². The predicted octanol–water partition coefficient (Wildman–Crippen LogP) is 8.17. The molecule has 0 unspecified atom stereocenters. The smallest absolute Gasteiger partial charge is 0.264 e. The van der Waals surface area contributed by atoms with E-state index in [-0.39, 0.29) is 10.5 Å². The SMILES string of the molecule is CCCCCCCCCCCCc1ccc(S(=O)(=O)ON=C(c2ccc(C=S)cc2)C(F)(F)F)cc1. The monoisotopic (exact) mass is 541 g/mol. The second kappa shape index (κ2) is 15.1. The topological polar surface area (TPSA) is 55.7 Å². The van der Waals surface area contributed by atoms with Crippen LogP contribution in [0.1, 0.15) is 87.8 Å². The van der Waals surface area contributed by atoms with E-state index in [1.807, 2.05) is 0 Å². The van der Waals surface area contributed by atoms with Crippen LogP contribution in [0.4, 0.5) is 13.2 Å². The highest BCUT2D eigenvalue weighted by Crippen LogP contribution is 2.24. The van der Waals surface area contributed by atoms with Crippen molar-refractivity contribution in [2.75, 3.05) is 0 Å². The van der Waals surface area contributed by atoms with Crippen molar-refractivity contribution >= 4 is 33.4 Å². The maximum atomic E-state index is 13.5. The molecule has 2 aromatic rings. The third kappa shape index (κ3) is 10.4. The normalized spacial score (nSPS) is 12.5. The minimum atomic E-state index is -4.91. The molecule has 0 saturated heterocycles. The first-order valence-electron chi connectivity index (χ1n) is 12.4. The molecule has 0 saturated carbocycles. The molecule has 0 bridgehead atoms. The Labute approximate surface area is 218 Å². The van der Waals surface area contributed by atoms with E-state index < -0.39 is 22.0 Å². The van der Waals surface area contributed by atoms with Gasteiger partial charge < -0.3 is 0 Å². The molecule has 4 nitrogen and oxygen atoms in total. The lowest BCUT2D eigenvalue weighted by atomic mass is 10.0. The van der Waals surface area contributed by atoms with E-state index in [9.17, 15) is 21.6 Å². The first-order chi connectivity index (χ1) is 17.2. The first-order valence-corrected chi connectivity index (χ1v) is 14.3. The molecular weight excluding hydrogens is 507 g/mol. The Morgan fingerprint density at radius 1 is 0.861 bits per heavy atom. The van der Waals surface area contributed by atoms with Crippen LogP contribution in [-0.2, 0) is 20.8 Å². The summed E-state index contributed by atoms with van der Waals surface area (Å²) < 4.78 is 69.7. The summed E-state index contributed by atoms with van der Waals surface area (Å²) in [6.07, 6.45) is 8.22. The number of unbranched alkanes of at least 4 members (excludes halogenated alkanes) is 9. The summed E-state index contributed by atoms with van der Waals surface area (Å²) in [7, 11) is -4.51. The zero-order chi connectivity index (χ0) is 26.4. The van der Waals surface area contributed by atoms with Crippen LogP contribution >= 0.6 is 12.2 Å². The van der Waals surface area contributed by atoms with Crippen LogP contribution in [-0.4, -0.2) is 25.7 Å². The van der Waals surface area contributed by atoms with Crippen molar-refractivity contribution in [2.24, 2.45) is 5.16 Å². The lowest BCUT2D eigenvalue weighted by Crippen LogP contribution is -2.25. The number of oxime groups is 1. The number of nitrogens with zero attached hydrogens (tertiary/aromatic N) is 1. The fraction of sp³-hybridized carbons (Fsp3) is 0.481. The lowest BCUT2D eigenvalue weighted by Gasteiger charge is -2.11. The Balaban J connectivity index is 1.88. The summed E-state index contributed by atoms with van der Waals surface area (Å²) in [6.45, 7) is 2.22. The molecule has 0 N–H and O–H groups in total. The van der Waals surface area contributed by atoms with E-state index >= 15 is 0 Å². The largest absolute Gasteiger partial charge is 0.437 e. The second-order valence-electron chi connectivity index (χ2n) is 8.78. The van der Waals surface area contributed by atoms with Gasteiger partial charge in [-0.1, -0.05) is 118 Å². The van der Waals surface area contributed by atoms with Crippen molar-refractivity contribution in [1.82, 2.24) is 0 Å². The van der Waals surface area contributed by atoms with Gasteiger partial charge in [0.1, 0.15) is 4.90 Å². The lowest BCUT2D eigenvalue weighted by molar-refractivity contribution is -0.0597. The summed E-state index contributed by atoms with van der Waals surface area (Å²) in [5.41, 5.74) is -0.266. The molecule has 198 valence electrons. The molecule has 0 amide bonds. The molecule has 0 heterocycles. The van der Waals surface area contributed by atoms with E-state index in [0.29, 0.717) is 5.56 Å². The Kier molecular flexibility index (Phi) is 12.6. The Morgan fingerprint density at radius 2 is 1.39 bits per heavy atom. The Morgan fingerprint density at radius 3 is 1.89 bits per heavy atom. The van der Waals surface area contributed by atoms with Crippen molar-refractivity contribution in [3.05, 3.63) is 65.2 Å². The number of alkyl halides is 3. The summed E-state index contributed by atoms with van der Waals surface area (Å²) >= 11 is 4.74. The molecule has 0 spiro atoms. The number of hydrogen-bond acceptors (Lipinski definition) is 5. The quantitative estimate of drug-likeness (QED) is 0.0931. The van der Waals surface area contributed by atoms with Gasteiger partial charge in [0, 0.05) is 10.9 Å². The molecule has 0 radical (unpaired) electrons. The van der Waals surface area contributed by atoms with Crippen LogP contribution in [0.2, 0.25) is 0 Å². The summed E-state index contributed by atoms with van der Waals surface area (Å²) in [5.74, 6) is 0. The average Bonchev–Trinajstić information content (AvgIpc) is 2.85. The number of thiocarbonyl (C=S) groups is 1. The highest BCUT2D eigenvalue weighted by atomic mass is 32.2. The predicted molar refractivity (Wildman–Crippen MR) is 142 cm³/mol. The summed E-state index contributed by atoms with van der Waals surface area (Å²) in [6, 6.07) is 11.0. The van der Waals surface area contributed by atoms with E-state index in [1.54, 1.807) is 12.1 Å². The summed E-state index contributed by atoms with van der Waals surface area (Å²) in [4.78, 5) is -0.254. The maximum Gasteiger partial charge on any atom is 0.437 e. The maximum absolute atomic E-state index is 13.5. The van der Waals surface area contributed by atoms with Gasteiger partial charge >= 0.3 is 16.3 Å². The fourth-order valence-corrected chi connectivity index (χ4v) is 4.64. The zero-order valence-electron chi connectivity index (χ0n) is 20.6. The van der Waals surface area contributed by atoms with Crippen molar-refractivity contribution in [3.8, 4) is 0 Å². The Bertz CT molecular complexity index is 1060. The van der Waals surface area contributed by atoms with E-state index in [1.165, 1.54) is 81.0 Å². The van der Waals surface area contributed by atoms with Crippen molar-refractivity contribution in [2.45, 2.75) is 88.6 Å². The van der Waals surface area contributed by atoms with Crippen molar-refractivity contribution < 1.29 is 25.9 Å². The number of rotatable bonds is 16. The molecule has 2 rings (SSSR count). The van der Waals surface area contributed by atoms with Gasteiger partial charge in [-0.3, -0.25) is 4.28 Å². The van der Waals surface area contributed by atoms with Gasteiger partial charge in [-0.05, 0) is 36.1 Å². The molecule has 0 aliphatic carbocycles. The van der Waals surface area contributed by atoms with Crippen LogP contribution in [0.5, 0.6) is 0 Å². The first kappa shape index (κ1) is 30.0. The third-order valence-electron chi connectivity index (χ3n) is 5.85. The van der Waals surface area contributed by atoms with E-state index in [2.05, 4.69) is 16.4 Å². The van der Waals surface area contributed by atoms with Gasteiger partial charge in [-0.25, -0.2) is 0 Å². The third-order valence-corrected chi connectivity index (χ3v) is 7.24. The molecule has 0 aliphatic heterocycles. The summed E-state index contributed by atoms with van der Waals surface area (Å²) in [5, 5.41) is 4.28. The Hall–Kier alpha value is -2.26. The average molecular weight is 542 g/mol. The fourth-order valence-electron chi connectivity index (χ4n) is 3.76.